The molecule has 0 heterocycles. The van der Waals surface area contributed by atoms with Crippen LogP contribution in [0.5, 0.6) is 0 Å². The maximum absolute atomic E-state index is 5.06. The van der Waals surface area contributed by atoms with E-state index in [0.717, 1.165) is 0 Å². The van der Waals surface area contributed by atoms with Crippen LogP contribution in [0.4, 0.5) is 0 Å². The van der Waals surface area contributed by atoms with E-state index in [1.54, 1.807) is 14.0 Å². The highest BCUT2D eigenvalue weighted by molar-refractivity contribution is 4.91. The van der Waals surface area contributed by atoms with Crippen molar-refractivity contribution in [2.45, 2.75) is 13.0 Å². The lowest BCUT2D eigenvalue weighted by molar-refractivity contribution is -0.0780. The molecule has 0 radical (unpaired) electrons. The zero-order chi connectivity index (χ0) is 8.53. The molecule has 1 unspecified atom stereocenters. The third-order valence-corrected chi connectivity index (χ3v) is 1.07. The van der Waals surface area contributed by atoms with Gasteiger partial charge >= 0.3 is 0 Å². The van der Waals surface area contributed by atoms with Crippen LogP contribution in [0.1, 0.15) is 6.92 Å². The van der Waals surface area contributed by atoms with Crippen LogP contribution in [-0.2, 0) is 14.2 Å². The van der Waals surface area contributed by atoms with E-state index in [4.69, 9.17) is 20.6 Å². The quantitative estimate of drug-likeness (QED) is 0.322. The molecule has 0 aliphatic carbocycles. The van der Waals surface area contributed by atoms with Crippen LogP contribution < -0.4 is 0 Å². The Bertz CT molecular complexity index is 117. The molecule has 1 atom stereocenters. The number of ether oxygens (including phenoxy) is 3. The van der Waals surface area contributed by atoms with E-state index in [0.29, 0.717) is 13.2 Å². The van der Waals surface area contributed by atoms with Gasteiger partial charge in [-0.15, -0.1) is 6.42 Å². The monoisotopic (exact) mass is 158 g/mol. The molecule has 0 spiro atoms. The molecular formula is C8H14O3. The van der Waals surface area contributed by atoms with Gasteiger partial charge in [-0.25, -0.2) is 0 Å². The van der Waals surface area contributed by atoms with Gasteiger partial charge in [-0.05, 0) is 6.92 Å². The van der Waals surface area contributed by atoms with Crippen LogP contribution in [-0.4, -0.2) is 33.2 Å². The second-order valence-corrected chi connectivity index (χ2v) is 1.99. The van der Waals surface area contributed by atoms with E-state index >= 15 is 0 Å². The molecule has 0 fully saturated rings. The summed E-state index contributed by atoms with van der Waals surface area (Å²) in [5, 5.41) is 0. The summed E-state index contributed by atoms with van der Waals surface area (Å²) >= 11 is 0. The number of methoxy groups -OCH3 is 1. The molecule has 0 aromatic heterocycles. The number of hydrogen-bond acceptors (Lipinski definition) is 3. The van der Waals surface area contributed by atoms with Crippen molar-refractivity contribution in [2.75, 3.05) is 27.1 Å². The van der Waals surface area contributed by atoms with Crippen molar-refractivity contribution in [2.24, 2.45) is 0 Å². The van der Waals surface area contributed by atoms with E-state index < -0.39 is 0 Å². The van der Waals surface area contributed by atoms with Crippen molar-refractivity contribution in [3.05, 3.63) is 0 Å². The van der Waals surface area contributed by atoms with Gasteiger partial charge in [0.2, 0.25) is 0 Å². The van der Waals surface area contributed by atoms with Crippen molar-refractivity contribution in [3.63, 3.8) is 0 Å². The Morgan fingerprint density at radius 1 is 1.45 bits per heavy atom. The third-order valence-electron chi connectivity index (χ3n) is 1.07. The van der Waals surface area contributed by atoms with E-state index in [2.05, 4.69) is 5.92 Å². The van der Waals surface area contributed by atoms with Crippen molar-refractivity contribution in [1.82, 2.24) is 0 Å². The largest absolute Gasteiger partial charge is 0.382 e. The van der Waals surface area contributed by atoms with Crippen molar-refractivity contribution >= 4 is 0 Å². The minimum atomic E-state index is -0.183. The molecule has 64 valence electrons. The summed E-state index contributed by atoms with van der Waals surface area (Å²) in [4.78, 5) is 0. The number of rotatable bonds is 6. The summed E-state index contributed by atoms with van der Waals surface area (Å²) in [5.41, 5.74) is 0. The molecule has 0 amide bonds. The van der Waals surface area contributed by atoms with Gasteiger partial charge in [0.1, 0.15) is 12.9 Å². The average Bonchev–Trinajstić information content (AvgIpc) is 2.04. The summed E-state index contributed by atoms with van der Waals surface area (Å²) in [7, 11) is 1.62. The third kappa shape index (κ3) is 7.34. The lowest BCUT2D eigenvalue weighted by atomic mass is 10.4. The van der Waals surface area contributed by atoms with Gasteiger partial charge in [0, 0.05) is 7.11 Å². The number of hydrogen-bond donors (Lipinski definition) is 0. The summed E-state index contributed by atoms with van der Waals surface area (Å²) in [6.45, 7) is 3.13. The highest BCUT2D eigenvalue weighted by atomic mass is 16.7. The van der Waals surface area contributed by atoms with Gasteiger partial charge in [0.15, 0.2) is 0 Å². The van der Waals surface area contributed by atoms with E-state index in [1.165, 1.54) is 0 Å². The average molecular weight is 158 g/mol. The van der Waals surface area contributed by atoms with Crippen molar-refractivity contribution < 1.29 is 14.2 Å². The van der Waals surface area contributed by atoms with Crippen molar-refractivity contribution in [1.29, 1.82) is 0 Å². The van der Waals surface area contributed by atoms with Gasteiger partial charge < -0.3 is 14.2 Å². The Labute approximate surface area is 67.6 Å². The first-order chi connectivity index (χ1) is 5.31. The maximum atomic E-state index is 5.06. The molecule has 0 saturated heterocycles. The molecule has 0 N–H and O–H groups in total. The minimum absolute atomic E-state index is 0.183. The highest BCUT2D eigenvalue weighted by Crippen LogP contribution is 1.87. The van der Waals surface area contributed by atoms with Crippen LogP contribution >= 0.6 is 0 Å². The number of terminal acetylenes is 1. The molecule has 0 aromatic rings. The van der Waals surface area contributed by atoms with Crippen molar-refractivity contribution in [3.8, 4) is 12.3 Å². The predicted molar refractivity (Wildman–Crippen MR) is 42.1 cm³/mol. The first kappa shape index (κ1) is 10.4. The summed E-state index contributed by atoms with van der Waals surface area (Å²) in [5.74, 6) is 2.42. The van der Waals surface area contributed by atoms with Gasteiger partial charge in [-0.1, -0.05) is 5.92 Å². The lowest BCUT2D eigenvalue weighted by Gasteiger charge is -2.06. The zero-order valence-electron chi connectivity index (χ0n) is 7.00. The standard InChI is InChI=1S/C8H14O3/c1-4-8(2)11-7-10-6-5-9-3/h1,8H,5-7H2,2-3H3. The topological polar surface area (TPSA) is 27.7 Å². The Hall–Kier alpha value is -0.560. The van der Waals surface area contributed by atoms with E-state index in [9.17, 15) is 0 Å². The first-order valence-corrected chi connectivity index (χ1v) is 3.45. The highest BCUT2D eigenvalue weighted by Gasteiger charge is 1.94. The van der Waals surface area contributed by atoms with Gasteiger partial charge in [0.05, 0.1) is 13.2 Å². The fourth-order valence-electron chi connectivity index (χ4n) is 0.399. The van der Waals surface area contributed by atoms with Gasteiger partial charge in [-0.3, -0.25) is 0 Å². The Morgan fingerprint density at radius 2 is 2.18 bits per heavy atom. The Kier molecular flexibility index (Phi) is 7.16. The molecule has 0 bridgehead atoms. The van der Waals surface area contributed by atoms with Crippen LogP contribution in [0.3, 0.4) is 0 Å². The molecule has 0 rings (SSSR count). The van der Waals surface area contributed by atoms with Gasteiger partial charge in [0.25, 0.3) is 0 Å². The molecule has 11 heavy (non-hydrogen) atoms. The fourth-order valence-corrected chi connectivity index (χ4v) is 0.399. The summed E-state index contributed by atoms with van der Waals surface area (Å²) in [6.07, 6.45) is 4.87. The SMILES string of the molecule is C#CC(C)OCOCCOC. The maximum Gasteiger partial charge on any atom is 0.148 e. The molecule has 0 saturated carbocycles. The molecule has 0 aliphatic heterocycles. The lowest BCUT2D eigenvalue weighted by Crippen LogP contribution is -2.11. The summed E-state index contributed by atoms with van der Waals surface area (Å²) < 4.78 is 14.8. The smallest absolute Gasteiger partial charge is 0.148 e. The predicted octanol–water partition coefficient (Wildman–Crippen LogP) is 0.645. The van der Waals surface area contributed by atoms with E-state index in [-0.39, 0.29) is 12.9 Å². The van der Waals surface area contributed by atoms with Gasteiger partial charge in [-0.2, -0.15) is 0 Å². The summed E-state index contributed by atoms with van der Waals surface area (Å²) in [6, 6.07) is 0. The Morgan fingerprint density at radius 3 is 2.73 bits per heavy atom. The molecular weight excluding hydrogens is 144 g/mol. The van der Waals surface area contributed by atoms with Crippen LogP contribution in [0.2, 0.25) is 0 Å². The van der Waals surface area contributed by atoms with Crippen LogP contribution in [0, 0.1) is 12.3 Å². The second kappa shape index (κ2) is 7.55. The fraction of sp³-hybridized carbons (Fsp3) is 0.750. The first-order valence-electron chi connectivity index (χ1n) is 3.45. The Balaban J connectivity index is 2.97. The normalized spacial score (nSPS) is 12.5. The van der Waals surface area contributed by atoms with Crippen LogP contribution in [0.15, 0.2) is 0 Å². The molecule has 0 aliphatic rings. The zero-order valence-corrected chi connectivity index (χ0v) is 7.00. The molecule has 0 aromatic carbocycles. The second-order valence-electron chi connectivity index (χ2n) is 1.99. The van der Waals surface area contributed by atoms with E-state index in [1.807, 2.05) is 0 Å². The molecule has 3 nitrogen and oxygen atoms in total. The molecule has 3 heteroatoms. The minimum Gasteiger partial charge on any atom is -0.382 e. The van der Waals surface area contributed by atoms with Crippen LogP contribution in [0.25, 0.3) is 0 Å².